The number of piperazine rings is 1. The van der Waals surface area contributed by atoms with Gasteiger partial charge >= 0.3 is 0 Å². The first-order valence-corrected chi connectivity index (χ1v) is 14.8. The Bertz CT molecular complexity index is 1020. The zero-order valence-corrected chi connectivity index (χ0v) is 25.4. The van der Waals surface area contributed by atoms with E-state index >= 15 is 0 Å². The van der Waals surface area contributed by atoms with Crippen molar-refractivity contribution in [3.8, 4) is 0 Å². The SMILES string of the molecule is CC[C@@H](C)C(=O)N[C@H](C(=O)N1C[C@H]2CCCN2C[C@H]1C(=O)N[C@@H]1CCCc2ccccc21)C1CCOCC1.Cl.Cl. The Hall–Kier alpha value is -1.87. The molecule has 3 heterocycles. The minimum Gasteiger partial charge on any atom is -0.381 e. The average molecular weight is 598 g/mol. The second kappa shape index (κ2) is 14.9. The Balaban J connectivity index is 0.00000220. The summed E-state index contributed by atoms with van der Waals surface area (Å²) in [5, 5.41) is 6.45. The third-order valence-electron chi connectivity index (χ3n) is 9.32. The number of nitrogens with one attached hydrogen (secondary N) is 2. The molecule has 224 valence electrons. The summed E-state index contributed by atoms with van der Waals surface area (Å²) < 4.78 is 5.57. The summed E-state index contributed by atoms with van der Waals surface area (Å²) in [5.41, 5.74) is 2.49. The Morgan fingerprint density at radius 2 is 1.77 bits per heavy atom. The molecule has 1 aromatic carbocycles. The van der Waals surface area contributed by atoms with Crippen LogP contribution in [0.15, 0.2) is 24.3 Å². The highest BCUT2D eigenvalue weighted by Crippen LogP contribution is 2.31. The molecule has 0 bridgehead atoms. The Kier molecular flexibility index (Phi) is 12.1. The lowest BCUT2D eigenvalue weighted by molar-refractivity contribution is -0.150. The van der Waals surface area contributed by atoms with Crippen LogP contribution in [0.4, 0.5) is 0 Å². The van der Waals surface area contributed by atoms with E-state index in [2.05, 4.69) is 33.7 Å². The molecule has 5 atom stereocenters. The summed E-state index contributed by atoms with van der Waals surface area (Å²) in [5.74, 6) is -0.424. The van der Waals surface area contributed by atoms with Crippen molar-refractivity contribution in [2.45, 2.75) is 89.4 Å². The maximum atomic E-state index is 14.3. The van der Waals surface area contributed by atoms with Crippen LogP contribution in [-0.2, 0) is 25.5 Å². The molecular formula is C30H46Cl2N4O4. The molecule has 40 heavy (non-hydrogen) atoms. The van der Waals surface area contributed by atoms with E-state index in [-0.39, 0.29) is 66.5 Å². The molecule has 3 aliphatic heterocycles. The van der Waals surface area contributed by atoms with Crippen LogP contribution >= 0.6 is 24.8 Å². The molecule has 1 aromatic rings. The van der Waals surface area contributed by atoms with Crippen LogP contribution in [0.1, 0.15) is 76.0 Å². The molecule has 5 rings (SSSR count). The van der Waals surface area contributed by atoms with Gasteiger partial charge in [-0.15, -0.1) is 24.8 Å². The Labute approximate surface area is 251 Å². The van der Waals surface area contributed by atoms with Crippen LogP contribution in [0.25, 0.3) is 0 Å². The van der Waals surface area contributed by atoms with Crippen LogP contribution < -0.4 is 10.6 Å². The fourth-order valence-electron chi connectivity index (χ4n) is 6.75. The molecule has 0 aromatic heterocycles. The van der Waals surface area contributed by atoms with E-state index in [1.165, 1.54) is 11.1 Å². The van der Waals surface area contributed by atoms with Crippen molar-refractivity contribution >= 4 is 42.5 Å². The topological polar surface area (TPSA) is 91.0 Å². The summed E-state index contributed by atoms with van der Waals surface area (Å²) in [4.78, 5) is 45.4. The summed E-state index contributed by atoms with van der Waals surface area (Å²) in [7, 11) is 0. The quantitative estimate of drug-likeness (QED) is 0.501. The lowest BCUT2D eigenvalue weighted by Crippen LogP contribution is -2.66. The standard InChI is InChI=1S/C30H44N4O4.2ClH/c1-3-20(2)28(35)32-27(22-13-16-38-17-14-22)30(37)34-18-23-10-7-15-33(23)19-26(34)29(36)31-25-12-6-9-21-8-4-5-11-24(21)25;;/h4-5,8,11,20,22-23,25-27H,3,6-7,9-10,12-19H2,1-2H3,(H,31,36)(H,32,35);2*1H/t20-,23-,25-,26+,27+;;/m1../s1. The largest absolute Gasteiger partial charge is 0.381 e. The molecule has 0 spiro atoms. The molecule has 2 N–H and O–H groups in total. The maximum absolute atomic E-state index is 14.3. The highest BCUT2D eigenvalue weighted by molar-refractivity contribution is 5.93. The van der Waals surface area contributed by atoms with Crippen molar-refractivity contribution in [2.24, 2.45) is 11.8 Å². The molecule has 3 fully saturated rings. The van der Waals surface area contributed by atoms with E-state index < -0.39 is 12.1 Å². The van der Waals surface area contributed by atoms with E-state index in [0.29, 0.717) is 26.3 Å². The van der Waals surface area contributed by atoms with Crippen molar-refractivity contribution in [3.63, 3.8) is 0 Å². The van der Waals surface area contributed by atoms with E-state index in [1.807, 2.05) is 24.8 Å². The molecule has 3 saturated heterocycles. The number of hydrogen-bond donors (Lipinski definition) is 2. The number of hydrogen-bond acceptors (Lipinski definition) is 5. The van der Waals surface area contributed by atoms with Crippen LogP contribution in [0.5, 0.6) is 0 Å². The molecule has 1 aliphatic carbocycles. The molecule has 0 saturated carbocycles. The number of nitrogens with zero attached hydrogens (tertiary/aromatic N) is 2. The first-order valence-electron chi connectivity index (χ1n) is 14.8. The van der Waals surface area contributed by atoms with E-state index in [9.17, 15) is 14.4 Å². The Morgan fingerprint density at radius 3 is 2.52 bits per heavy atom. The van der Waals surface area contributed by atoms with Gasteiger partial charge in [-0.05, 0) is 75.0 Å². The third kappa shape index (κ3) is 7.12. The van der Waals surface area contributed by atoms with E-state index in [4.69, 9.17) is 4.74 Å². The molecule has 3 amide bonds. The van der Waals surface area contributed by atoms with Gasteiger partial charge in [-0.2, -0.15) is 0 Å². The number of halogens is 2. The van der Waals surface area contributed by atoms with Gasteiger partial charge in [-0.3, -0.25) is 19.3 Å². The van der Waals surface area contributed by atoms with Gasteiger partial charge in [-0.1, -0.05) is 38.1 Å². The van der Waals surface area contributed by atoms with Gasteiger partial charge in [0, 0.05) is 38.3 Å². The van der Waals surface area contributed by atoms with Crippen LogP contribution in [0.2, 0.25) is 0 Å². The summed E-state index contributed by atoms with van der Waals surface area (Å²) in [6.07, 6.45) is 7.29. The predicted octanol–water partition coefficient (Wildman–Crippen LogP) is 3.66. The highest BCUT2D eigenvalue weighted by atomic mass is 35.5. The van der Waals surface area contributed by atoms with Gasteiger partial charge in [-0.25, -0.2) is 0 Å². The number of carbonyl (C=O) groups is 3. The van der Waals surface area contributed by atoms with Gasteiger partial charge in [0.1, 0.15) is 12.1 Å². The summed E-state index contributed by atoms with van der Waals surface area (Å²) in [6.45, 7) is 7.13. The zero-order chi connectivity index (χ0) is 26.6. The van der Waals surface area contributed by atoms with Crippen LogP contribution in [0, 0.1) is 11.8 Å². The van der Waals surface area contributed by atoms with Crippen molar-refractivity contribution in [3.05, 3.63) is 35.4 Å². The first kappa shape index (κ1) is 32.6. The summed E-state index contributed by atoms with van der Waals surface area (Å²) in [6, 6.07) is 7.42. The normalized spacial score (nSPS) is 26.2. The lowest BCUT2D eigenvalue weighted by atomic mass is 9.87. The molecular weight excluding hydrogens is 551 g/mol. The monoisotopic (exact) mass is 596 g/mol. The number of fused-ring (bicyclic) bond motifs is 2. The first-order chi connectivity index (χ1) is 18.5. The van der Waals surface area contributed by atoms with Gasteiger partial charge in [0.05, 0.1) is 6.04 Å². The fraction of sp³-hybridized carbons (Fsp3) is 0.700. The van der Waals surface area contributed by atoms with Crippen molar-refractivity contribution < 1.29 is 19.1 Å². The van der Waals surface area contributed by atoms with Gasteiger partial charge in [0.2, 0.25) is 17.7 Å². The smallest absolute Gasteiger partial charge is 0.246 e. The predicted molar refractivity (Wildman–Crippen MR) is 160 cm³/mol. The van der Waals surface area contributed by atoms with Crippen LogP contribution in [-0.4, -0.2) is 78.5 Å². The van der Waals surface area contributed by atoms with Crippen molar-refractivity contribution in [1.29, 1.82) is 0 Å². The lowest BCUT2D eigenvalue weighted by Gasteiger charge is -2.45. The molecule has 10 heteroatoms. The van der Waals surface area contributed by atoms with Crippen molar-refractivity contribution in [1.82, 2.24) is 20.4 Å². The van der Waals surface area contributed by atoms with Crippen molar-refractivity contribution in [2.75, 3.05) is 32.8 Å². The number of aryl methyl sites for hydroxylation is 1. The fourth-order valence-corrected chi connectivity index (χ4v) is 6.75. The second-order valence-electron chi connectivity index (χ2n) is 11.7. The average Bonchev–Trinajstić information content (AvgIpc) is 3.42. The van der Waals surface area contributed by atoms with Gasteiger partial charge in [0.25, 0.3) is 0 Å². The number of benzene rings is 1. The number of amides is 3. The van der Waals surface area contributed by atoms with E-state index in [1.54, 1.807) is 0 Å². The number of ether oxygens (including phenoxy) is 1. The minimum absolute atomic E-state index is 0. The molecule has 8 nitrogen and oxygen atoms in total. The van der Waals surface area contributed by atoms with Gasteiger partial charge in [0.15, 0.2) is 0 Å². The molecule has 0 radical (unpaired) electrons. The zero-order valence-electron chi connectivity index (χ0n) is 23.8. The summed E-state index contributed by atoms with van der Waals surface area (Å²) >= 11 is 0. The second-order valence-corrected chi connectivity index (χ2v) is 11.7. The molecule has 0 unspecified atom stereocenters. The van der Waals surface area contributed by atoms with Crippen LogP contribution in [0.3, 0.4) is 0 Å². The Morgan fingerprint density at radius 1 is 1.02 bits per heavy atom. The minimum atomic E-state index is -0.626. The number of carbonyl (C=O) groups excluding carboxylic acids is 3. The van der Waals surface area contributed by atoms with E-state index in [0.717, 1.165) is 57.9 Å². The highest BCUT2D eigenvalue weighted by Gasteiger charge is 2.45. The third-order valence-corrected chi connectivity index (χ3v) is 9.32. The number of rotatable bonds is 7. The maximum Gasteiger partial charge on any atom is 0.246 e. The molecule has 4 aliphatic rings. The van der Waals surface area contributed by atoms with Gasteiger partial charge < -0.3 is 20.3 Å².